The predicted molar refractivity (Wildman–Crippen MR) is 131 cm³/mol. The summed E-state index contributed by atoms with van der Waals surface area (Å²) in [5.41, 5.74) is 4.62. The highest BCUT2D eigenvalue weighted by atomic mass is 19.1. The van der Waals surface area contributed by atoms with Crippen LogP contribution < -0.4 is 15.4 Å². The number of anilines is 2. The van der Waals surface area contributed by atoms with E-state index in [1.807, 2.05) is 62.4 Å². The zero-order valence-corrected chi connectivity index (χ0v) is 19.3. The molecule has 2 heterocycles. The first-order valence-corrected chi connectivity index (χ1v) is 11.2. The minimum Gasteiger partial charge on any atom is -0.489 e. The first-order chi connectivity index (χ1) is 17.0. The van der Waals surface area contributed by atoms with Crippen molar-refractivity contribution >= 4 is 17.5 Å². The molecule has 1 aliphatic rings. The van der Waals surface area contributed by atoms with Crippen LogP contribution in [0.3, 0.4) is 0 Å². The second-order valence-corrected chi connectivity index (χ2v) is 8.35. The number of allylic oxidation sites excluding steroid dienone is 1. The molecule has 8 heteroatoms. The van der Waals surface area contributed by atoms with E-state index in [1.165, 1.54) is 18.5 Å². The third kappa shape index (κ3) is 4.63. The quantitative estimate of drug-likeness (QED) is 0.404. The largest absolute Gasteiger partial charge is 0.489 e. The molecule has 35 heavy (non-hydrogen) atoms. The van der Waals surface area contributed by atoms with Crippen LogP contribution in [0.25, 0.3) is 0 Å². The van der Waals surface area contributed by atoms with Crippen LogP contribution in [0, 0.1) is 12.7 Å². The lowest BCUT2D eigenvalue weighted by molar-refractivity contribution is -0.113. The molecule has 2 N–H and O–H groups in total. The molecule has 0 radical (unpaired) electrons. The van der Waals surface area contributed by atoms with E-state index in [0.29, 0.717) is 29.6 Å². The Morgan fingerprint density at radius 3 is 2.69 bits per heavy atom. The molecule has 1 unspecified atom stereocenters. The van der Waals surface area contributed by atoms with Gasteiger partial charge in [-0.05, 0) is 60.9 Å². The van der Waals surface area contributed by atoms with Crippen LogP contribution >= 0.6 is 0 Å². The molecular weight excluding hydrogens is 445 g/mol. The molecule has 0 spiro atoms. The van der Waals surface area contributed by atoms with Gasteiger partial charge in [0.25, 0.3) is 5.91 Å². The summed E-state index contributed by atoms with van der Waals surface area (Å²) >= 11 is 0. The Kier molecular flexibility index (Phi) is 6.01. The maximum atomic E-state index is 13.5. The van der Waals surface area contributed by atoms with E-state index in [1.54, 1.807) is 16.8 Å². The van der Waals surface area contributed by atoms with Gasteiger partial charge in [-0.2, -0.15) is 10.1 Å². The van der Waals surface area contributed by atoms with Crippen LogP contribution in [0.5, 0.6) is 5.75 Å². The number of ether oxygens (including phenoxy) is 1. The second-order valence-electron chi connectivity index (χ2n) is 8.35. The summed E-state index contributed by atoms with van der Waals surface area (Å²) in [7, 11) is 0. The molecule has 1 atom stereocenters. The lowest BCUT2D eigenvalue weighted by Crippen LogP contribution is -2.31. The van der Waals surface area contributed by atoms with Crippen molar-refractivity contribution in [3.63, 3.8) is 0 Å². The number of aromatic nitrogens is 3. The monoisotopic (exact) mass is 469 g/mol. The molecule has 7 nitrogen and oxygen atoms in total. The van der Waals surface area contributed by atoms with E-state index in [2.05, 4.69) is 20.7 Å². The lowest BCUT2D eigenvalue weighted by atomic mass is 9.94. The van der Waals surface area contributed by atoms with Gasteiger partial charge in [-0.3, -0.25) is 4.79 Å². The molecule has 1 aliphatic heterocycles. The minimum atomic E-state index is -0.507. The van der Waals surface area contributed by atoms with Crippen molar-refractivity contribution < 1.29 is 13.9 Å². The summed E-state index contributed by atoms with van der Waals surface area (Å²) < 4.78 is 20.9. The van der Waals surface area contributed by atoms with E-state index in [4.69, 9.17) is 4.74 Å². The normalized spacial score (nSPS) is 14.8. The lowest BCUT2D eigenvalue weighted by Gasteiger charge is -2.29. The summed E-state index contributed by atoms with van der Waals surface area (Å²) in [6.45, 7) is 4.10. The molecule has 0 bridgehead atoms. The number of aryl methyl sites for hydroxylation is 1. The van der Waals surface area contributed by atoms with Gasteiger partial charge in [0.05, 0.1) is 5.57 Å². The van der Waals surface area contributed by atoms with Crippen molar-refractivity contribution in [2.75, 3.05) is 10.6 Å². The topological polar surface area (TPSA) is 81.1 Å². The first-order valence-electron chi connectivity index (χ1n) is 11.2. The van der Waals surface area contributed by atoms with Gasteiger partial charge in [-0.25, -0.2) is 9.07 Å². The van der Waals surface area contributed by atoms with Crippen molar-refractivity contribution in [3.05, 3.63) is 113 Å². The van der Waals surface area contributed by atoms with Gasteiger partial charge >= 0.3 is 0 Å². The zero-order chi connectivity index (χ0) is 24.4. The van der Waals surface area contributed by atoms with Gasteiger partial charge in [0.15, 0.2) is 0 Å². The standard InChI is InChI=1S/C27H24FN5O2/c1-17-6-3-4-9-23(17)32-26(34)24-18(2)31-27-29-16-30-33(27)25(24)20-7-5-8-22(14-20)35-15-19-10-12-21(28)13-11-19/h3-14,16,25H,15H2,1-2H3,(H,32,34)(H,29,30,31). The zero-order valence-electron chi connectivity index (χ0n) is 19.3. The van der Waals surface area contributed by atoms with E-state index >= 15 is 0 Å². The number of hydrogen-bond acceptors (Lipinski definition) is 5. The van der Waals surface area contributed by atoms with Crippen LogP contribution in [-0.2, 0) is 11.4 Å². The van der Waals surface area contributed by atoms with Crippen LogP contribution in [0.4, 0.5) is 16.0 Å². The van der Waals surface area contributed by atoms with Crippen molar-refractivity contribution in [2.45, 2.75) is 26.5 Å². The van der Waals surface area contributed by atoms with E-state index in [-0.39, 0.29) is 11.7 Å². The number of rotatable bonds is 6. The Morgan fingerprint density at radius 2 is 1.89 bits per heavy atom. The minimum absolute atomic E-state index is 0.229. The number of benzene rings is 3. The van der Waals surface area contributed by atoms with E-state index < -0.39 is 6.04 Å². The number of para-hydroxylation sites is 1. The molecule has 5 rings (SSSR count). The highest BCUT2D eigenvalue weighted by Crippen LogP contribution is 2.36. The molecule has 3 aromatic carbocycles. The van der Waals surface area contributed by atoms with E-state index in [9.17, 15) is 9.18 Å². The molecule has 0 aliphatic carbocycles. The van der Waals surface area contributed by atoms with Gasteiger partial charge in [0, 0.05) is 11.4 Å². The van der Waals surface area contributed by atoms with Crippen molar-refractivity contribution in [1.82, 2.24) is 14.8 Å². The molecular formula is C27H24FN5O2. The maximum Gasteiger partial charge on any atom is 0.255 e. The van der Waals surface area contributed by atoms with Crippen molar-refractivity contribution in [3.8, 4) is 5.75 Å². The number of amides is 1. The fourth-order valence-electron chi connectivity index (χ4n) is 4.12. The number of hydrogen-bond donors (Lipinski definition) is 2. The summed E-state index contributed by atoms with van der Waals surface area (Å²) in [5.74, 6) is 0.665. The Balaban J connectivity index is 1.46. The van der Waals surface area contributed by atoms with Gasteiger partial charge in [0.2, 0.25) is 5.95 Å². The Labute approximate surface area is 202 Å². The maximum absolute atomic E-state index is 13.5. The number of carbonyl (C=O) groups is 1. The predicted octanol–water partition coefficient (Wildman–Crippen LogP) is 5.23. The third-order valence-corrected chi connectivity index (χ3v) is 5.92. The molecule has 0 fully saturated rings. The number of nitrogens with zero attached hydrogens (tertiary/aromatic N) is 3. The van der Waals surface area contributed by atoms with Gasteiger partial charge in [-0.15, -0.1) is 0 Å². The number of fused-ring (bicyclic) bond motifs is 1. The van der Waals surface area contributed by atoms with Gasteiger partial charge in [0.1, 0.15) is 30.5 Å². The van der Waals surface area contributed by atoms with Gasteiger partial charge < -0.3 is 15.4 Å². The fourth-order valence-corrected chi connectivity index (χ4v) is 4.12. The van der Waals surface area contributed by atoms with Crippen molar-refractivity contribution in [1.29, 1.82) is 0 Å². The summed E-state index contributed by atoms with van der Waals surface area (Å²) in [5, 5.41) is 10.6. The highest BCUT2D eigenvalue weighted by molar-refractivity contribution is 6.06. The Hall–Kier alpha value is -4.46. The molecule has 176 valence electrons. The van der Waals surface area contributed by atoms with Crippen molar-refractivity contribution in [2.24, 2.45) is 0 Å². The van der Waals surface area contributed by atoms with Crippen LogP contribution in [-0.4, -0.2) is 20.7 Å². The van der Waals surface area contributed by atoms with Crippen LogP contribution in [0.1, 0.15) is 29.7 Å². The number of carbonyl (C=O) groups excluding carboxylic acids is 1. The van der Waals surface area contributed by atoms with Gasteiger partial charge in [-0.1, -0.05) is 42.5 Å². The molecule has 4 aromatic rings. The fraction of sp³-hybridized carbons (Fsp3) is 0.148. The van der Waals surface area contributed by atoms with Crippen LogP contribution in [0.2, 0.25) is 0 Å². The average molecular weight is 470 g/mol. The summed E-state index contributed by atoms with van der Waals surface area (Å²) in [6, 6.07) is 20.9. The Bertz CT molecular complexity index is 1410. The third-order valence-electron chi connectivity index (χ3n) is 5.92. The van der Waals surface area contributed by atoms with Crippen LogP contribution in [0.15, 0.2) is 90.4 Å². The summed E-state index contributed by atoms with van der Waals surface area (Å²) in [6.07, 6.45) is 1.46. The molecule has 1 aromatic heterocycles. The second kappa shape index (κ2) is 9.42. The number of nitrogens with one attached hydrogen (secondary N) is 2. The highest BCUT2D eigenvalue weighted by Gasteiger charge is 2.33. The Morgan fingerprint density at radius 1 is 1.09 bits per heavy atom. The molecule has 1 amide bonds. The molecule has 0 saturated heterocycles. The van der Waals surface area contributed by atoms with E-state index in [0.717, 1.165) is 22.4 Å². The average Bonchev–Trinajstić information content (AvgIpc) is 3.32. The molecule has 0 saturated carbocycles. The first kappa shape index (κ1) is 22.3. The SMILES string of the molecule is CC1=C(C(=O)Nc2ccccc2C)C(c2cccc(OCc3ccc(F)cc3)c2)n2ncnc2N1. The number of halogens is 1. The smallest absolute Gasteiger partial charge is 0.255 e. The summed E-state index contributed by atoms with van der Waals surface area (Å²) in [4.78, 5) is 17.8.